The Morgan fingerprint density at radius 1 is 1.61 bits per heavy atom. The summed E-state index contributed by atoms with van der Waals surface area (Å²) in [6.07, 6.45) is 1.80. The van der Waals surface area contributed by atoms with Crippen molar-refractivity contribution in [1.29, 1.82) is 5.26 Å². The first-order valence-electron chi connectivity index (χ1n) is 5.52. The Morgan fingerprint density at radius 3 is 2.89 bits per heavy atom. The van der Waals surface area contributed by atoms with Gasteiger partial charge in [-0.3, -0.25) is 9.89 Å². The number of nitrogens with one attached hydrogen (secondary N) is 1. The van der Waals surface area contributed by atoms with Crippen molar-refractivity contribution in [3.8, 4) is 6.07 Å². The van der Waals surface area contributed by atoms with E-state index in [1.54, 1.807) is 6.07 Å². The fourth-order valence-electron chi connectivity index (χ4n) is 1.26. The summed E-state index contributed by atoms with van der Waals surface area (Å²) in [6, 6.07) is 1.81. The normalized spacial score (nSPS) is 11.8. The molecule has 0 aliphatic heterocycles. The van der Waals surface area contributed by atoms with Gasteiger partial charge in [0, 0.05) is 12.1 Å². The first kappa shape index (κ1) is 14.3. The molecule has 0 spiro atoms. The number of hydrogen-bond acceptors (Lipinski definition) is 6. The number of carbonyl (C=O) groups excluding carboxylic acids is 1. The van der Waals surface area contributed by atoms with Crippen LogP contribution in [0, 0.1) is 11.3 Å². The monoisotopic (exact) mass is 265 g/mol. The lowest BCUT2D eigenvalue weighted by Gasteiger charge is -1.98. The highest BCUT2D eigenvalue weighted by Gasteiger charge is 2.13. The molecule has 0 aliphatic carbocycles. The molecule has 0 saturated carbocycles. The number of aryl methyl sites for hydroxylation is 1. The maximum absolute atomic E-state index is 11.7. The molecule has 0 saturated heterocycles. The first-order valence-corrected chi connectivity index (χ1v) is 6.50. The number of thioether (sulfide) groups is 1. The number of nitrogens with zero attached hydrogens (tertiary/aromatic N) is 3. The van der Waals surface area contributed by atoms with Crippen molar-refractivity contribution in [3.63, 3.8) is 0 Å². The Bertz CT molecular complexity index is 496. The summed E-state index contributed by atoms with van der Waals surface area (Å²) in [6.45, 7) is 3.58. The molecule has 0 amide bonds. The topological polar surface area (TPSA) is 108 Å². The molecule has 0 fully saturated rings. The van der Waals surface area contributed by atoms with E-state index >= 15 is 0 Å². The van der Waals surface area contributed by atoms with E-state index in [2.05, 4.69) is 15.2 Å². The summed E-state index contributed by atoms with van der Waals surface area (Å²) < 4.78 is 0. The van der Waals surface area contributed by atoms with Gasteiger partial charge in [0.2, 0.25) is 5.16 Å². The third-order valence-corrected chi connectivity index (χ3v) is 2.96. The van der Waals surface area contributed by atoms with Crippen LogP contribution >= 0.6 is 11.8 Å². The average molecular weight is 265 g/mol. The third kappa shape index (κ3) is 3.89. The maximum Gasteiger partial charge on any atom is 0.208 e. The molecule has 7 heteroatoms. The van der Waals surface area contributed by atoms with Crippen LogP contribution < -0.4 is 5.73 Å². The summed E-state index contributed by atoms with van der Waals surface area (Å²) >= 11 is 1.19. The van der Waals surface area contributed by atoms with Crippen LogP contribution in [-0.2, 0) is 11.2 Å². The minimum absolute atomic E-state index is 0.00631. The van der Waals surface area contributed by atoms with Gasteiger partial charge in [-0.05, 0) is 13.3 Å². The minimum atomic E-state index is -0.302. The summed E-state index contributed by atoms with van der Waals surface area (Å²) in [4.78, 5) is 15.9. The third-order valence-electron chi connectivity index (χ3n) is 2.12. The Morgan fingerprint density at radius 2 is 2.33 bits per heavy atom. The number of ketones is 1. The van der Waals surface area contributed by atoms with Crippen LogP contribution in [0.25, 0.3) is 0 Å². The van der Waals surface area contributed by atoms with E-state index in [1.807, 2.05) is 6.92 Å². The van der Waals surface area contributed by atoms with Gasteiger partial charge in [-0.2, -0.15) is 5.26 Å². The number of allylic oxidation sites excluding steroid dienone is 2. The van der Waals surface area contributed by atoms with Gasteiger partial charge in [-0.25, -0.2) is 4.98 Å². The molecule has 1 aromatic heterocycles. The Balaban J connectivity index is 2.57. The predicted octanol–water partition coefficient (Wildman–Crippen LogP) is 1.17. The first-order chi connectivity index (χ1) is 8.58. The maximum atomic E-state index is 11.7. The van der Waals surface area contributed by atoms with E-state index in [-0.39, 0.29) is 22.8 Å². The number of aromatic amines is 1. The van der Waals surface area contributed by atoms with Crippen molar-refractivity contribution in [2.45, 2.75) is 31.8 Å². The highest BCUT2D eigenvalue weighted by atomic mass is 32.2. The van der Waals surface area contributed by atoms with Gasteiger partial charge in [-0.1, -0.05) is 18.7 Å². The summed E-state index contributed by atoms with van der Waals surface area (Å²) in [5, 5.41) is 16.1. The van der Waals surface area contributed by atoms with Crippen LogP contribution in [0.15, 0.2) is 16.4 Å². The zero-order valence-corrected chi connectivity index (χ0v) is 11.2. The molecule has 1 aromatic rings. The number of H-pyrrole nitrogens is 1. The van der Waals surface area contributed by atoms with Gasteiger partial charge in [0.15, 0.2) is 5.78 Å². The molecule has 0 aliphatic rings. The molecule has 0 unspecified atom stereocenters. The van der Waals surface area contributed by atoms with E-state index < -0.39 is 0 Å². The molecule has 1 rings (SSSR count). The van der Waals surface area contributed by atoms with Crippen LogP contribution in [0.5, 0.6) is 0 Å². The van der Waals surface area contributed by atoms with Gasteiger partial charge < -0.3 is 5.73 Å². The average Bonchev–Trinajstić information content (AvgIpc) is 2.75. The van der Waals surface area contributed by atoms with E-state index in [0.717, 1.165) is 18.7 Å². The number of aromatic nitrogens is 3. The number of hydrogen-bond donors (Lipinski definition) is 2. The van der Waals surface area contributed by atoms with Gasteiger partial charge in [-0.15, -0.1) is 5.10 Å². The largest absolute Gasteiger partial charge is 0.401 e. The Hall–Kier alpha value is -1.81. The van der Waals surface area contributed by atoms with Gasteiger partial charge >= 0.3 is 0 Å². The summed E-state index contributed by atoms with van der Waals surface area (Å²) in [5.41, 5.74) is 5.70. The highest BCUT2D eigenvalue weighted by Crippen LogP contribution is 2.15. The van der Waals surface area contributed by atoms with Gasteiger partial charge in [0.25, 0.3) is 0 Å². The van der Waals surface area contributed by atoms with Crippen LogP contribution in [0.3, 0.4) is 0 Å². The van der Waals surface area contributed by atoms with Crippen molar-refractivity contribution < 1.29 is 4.79 Å². The van der Waals surface area contributed by atoms with Crippen molar-refractivity contribution in [2.24, 2.45) is 5.73 Å². The quantitative estimate of drug-likeness (QED) is 0.454. The molecular weight excluding hydrogens is 250 g/mol. The van der Waals surface area contributed by atoms with E-state index in [9.17, 15) is 4.79 Å². The second-order valence-corrected chi connectivity index (χ2v) is 4.64. The Kier molecular flexibility index (Phi) is 5.39. The van der Waals surface area contributed by atoms with Crippen LogP contribution in [0.1, 0.15) is 26.1 Å². The smallest absolute Gasteiger partial charge is 0.208 e. The molecule has 1 heterocycles. The molecule has 3 N–H and O–H groups in total. The zero-order chi connectivity index (χ0) is 13.5. The predicted molar refractivity (Wildman–Crippen MR) is 68.6 cm³/mol. The van der Waals surface area contributed by atoms with Crippen LogP contribution in [0.4, 0.5) is 0 Å². The van der Waals surface area contributed by atoms with Crippen molar-refractivity contribution in [1.82, 2.24) is 15.2 Å². The van der Waals surface area contributed by atoms with Gasteiger partial charge in [0.1, 0.15) is 17.5 Å². The molecule has 96 valence electrons. The summed E-state index contributed by atoms with van der Waals surface area (Å²) in [5.74, 6) is 0.615. The number of nitrogens with two attached hydrogens (primary N) is 1. The van der Waals surface area contributed by atoms with Crippen molar-refractivity contribution >= 4 is 17.5 Å². The number of carbonyl (C=O) groups is 1. The van der Waals surface area contributed by atoms with E-state index in [4.69, 9.17) is 11.0 Å². The molecule has 6 nitrogen and oxygen atoms in total. The second kappa shape index (κ2) is 6.81. The van der Waals surface area contributed by atoms with Gasteiger partial charge in [0.05, 0.1) is 5.75 Å². The molecular formula is C11H15N5OS. The van der Waals surface area contributed by atoms with Crippen LogP contribution in [-0.4, -0.2) is 26.7 Å². The molecule has 0 atom stereocenters. The van der Waals surface area contributed by atoms with Crippen molar-refractivity contribution in [2.75, 3.05) is 5.75 Å². The second-order valence-electron chi connectivity index (χ2n) is 3.70. The molecule has 0 aromatic carbocycles. The SMILES string of the molecule is CCCc1nc(SCC(=O)/C(C#N)=C(\C)N)n[nH]1. The van der Waals surface area contributed by atoms with Crippen molar-refractivity contribution in [3.05, 3.63) is 17.1 Å². The van der Waals surface area contributed by atoms with E-state index in [1.165, 1.54) is 18.7 Å². The number of rotatable bonds is 6. The minimum Gasteiger partial charge on any atom is -0.401 e. The molecule has 0 bridgehead atoms. The zero-order valence-electron chi connectivity index (χ0n) is 10.4. The lowest BCUT2D eigenvalue weighted by Crippen LogP contribution is -2.10. The number of nitriles is 1. The van der Waals surface area contributed by atoms with E-state index in [0.29, 0.717) is 5.16 Å². The number of Topliss-reactive ketones (excluding diaryl/α,β-unsaturated/α-hetero) is 1. The highest BCUT2D eigenvalue weighted by molar-refractivity contribution is 7.99. The Labute approximate surface area is 110 Å². The van der Waals surface area contributed by atoms with Crippen LogP contribution in [0.2, 0.25) is 0 Å². The fourth-order valence-corrected chi connectivity index (χ4v) is 1.95. The lowest BCUT2D eigenvalue weighted by molar-refractivity contribution is -0.112. The molecule has 0 radical (unpaired) electrons. The fraction of sp³-hybridized carbons (Fsp3) is 0.455. The lowest BCUT2D eigenvalue weighted by atomic mass is 10.2. The molecule has 18 heavy (non-hydrogen) atoms. The standard InChI is InChI=1S/C11H15N5OS/c1-3-4-10-14-11(16-15-10)18-6-9(17)8(5-12)7(2)13/h3-4,6,13H2,1-2H3,(H,14,15,16)/b8-7+. The summed E-state index contributed by atoms with van der Waals surface area (Å²) in [7, 11) is 0.